The molecule has 1 aromatic carbocycles. The molecule has 16 heavy (non-hydrogen) atoms. The van der Waals surface area contributed by atoms with Gasteiger partial charge in [0.1, 0.15) is 5.82 Å². The van der Waals surface area contributed by atoms with E-state index in [9.17, 15) is 17.6 Å². The summed E-state index contributed by atoms with van der Waals surface area (Å²) in [5.41, 5.74) is 4.01. The normalized spacial score (nSPS) is 13.2. The van der Waals surface area contributed by atoms with Gasteiger partial charge in [-0.1, -0.05) is 6.07 Å². The van der Waals surface area contributed by atoms with E-state index in [-0.39, 0.29) is 12.0 Å². The first-order chi connectivity index (χ1) is 7.36. The average Bonchev–Trinajstić information content (AvgIpc) is 2.16. The molecule has 0 aliphatic carbocycles. The Hall–Kier alpha value is -1.61. The van der Waals surface area contributed by atoms with Crippen molar-refractivity contribution in [1.82, 2.24) is 0 Å². The Labute approximate surface area is 89.3 Å². The molecule has 6 heteroatoms. The molecule has 0 unspecified atom stereocenters. The zero-order chi connectivity index (χ0) is 12.3. The molecule has 0 saturated heterocycles. The number of nitrogens with two attached hydrogens (primary N) is 1. The predicted molar refractivity (Wildman–Crippen MR) is 48.6 cm³/mol. The number of hydrogen-bond acceptors (Lipinski definition) is 2. The Morgan fingerprint density at radius 3 is 2.50 bits per heavy atom. The Kier molecular flexibility index (Phi) is 3.50. The van der Waals surface area contributed by atoms with Gasteiger partial charge in [-0.2, -0.15) is 18.4 Å². The molecule has 0 radical (unpaired) electrons. The van der Waals surface area contributed by atoms with E-state index in [4.69, 9.17) is 11.0 Å². The summed E-state index contributed by atoms with van der Waals surface area (Å²) in [6.07, 6.45) is -4.93. The maximum atomic E-state index is 12.7. The molecule has 0 spiro atoms. The van der Waals surface area contributed by atoms with Crippen LogP contribution >= 0.6 is 0 Å². The molecule has 1 aromatic rings. The number of hydrogen-bond donors (Lipinski definition) is 1. The van der Waals surface area contributed by atoms with Crippen molar-refractivity contribution in [3.05, 3.63) is 35.1 Å². The third kappa shape index (κ3) is 2.70. The Balaban J connectivity index is 3.24. The van der Waals surface area contributed by atoms with Crippen molar-refractivity contribution in [3.63, 3.8) is 0 Å². The Bertz CT molecular complexity index is 420. The first kappa shape index (κ1) is 12.5. The van der Waals surface area contributed by atoms with Crippen molar-refractivity contribution < 1.29 is 17.6 Å². The minimum absolute atomic E-state index is 0.255. The smallest absolute Gasteiger partial charge is 0.323 e. The lowest BCUT2D eigenvalue weighted by Crippen LogP contribution is -2.17. The molecule has 1 rings (SSSR count). The van der Waals surface area contributed by atoms with E-state index in [1.807, 2.05) is 0 Å². The van der Waals surface area contributed by atoms with Gasteiger partial charge in [-0.05, 0) is 17.7 Å². The SMILES string of the molecule is N#CC[C@@H](N)c1ccc(F)cc1C(F)(F)F. The number of halogens is 4. The summed E-state index contributed by atoms with van der Waals surface area (Å²) < 4.78 is 50.3. The van der Waals surface area contributed by atoms with Crippen LogP contribution in [0, 0.1) is 17.1 Å². The van der Waals surface area contributed by atoms with Crippen molar-refractivity contribution in [2.24, 2.45) is 5.73 Å². The largest absolute Gasteiger partial charge is 0.416 e. The van der Waals surface area contributed by atoms with Gasteiger partial charge in [0.2, 0.25) is 0 Å². The lowest BCUT2D eigenvalue weighted by molar-refractivity contribution is -0.138. The molecule has 2 nitrogen and oxygen atoms in total. The summed E-state index contributed by atoms with van der Waals surface area (Å²) in [5, 5.41) is 8.36. The summed E-state index contributed by atoms with van der Waals surface area (Å²) >= 11 is 0. The van der Waals surface area contributed by atoms with E-state index >= 15 is 0 Å². The summed E-state index contributed by atoms with van der Waals surface area (Å²) in [4.78, 5) is 0. The minimum Gasteiger partial charge on any atom is -0.323 e. The van der Waals surface area contributed by atoms with Gasteiger partial charge in [-0.15, -0.1) is 0 Å². The number of alkyl halides is 3. The maximum absolute atomic E-state index is 12.7. The van der Waals surface area contributed by atoms with Gasteiger partial charge in [0.25, 0.3) is 0 Å². The molecule has 0 aliphatic heterocycles. The standard InChI is InChI=1S/C10H8F4N2/c11-6-1-2-7(9(16)3-4-15)8(5-6)10(12,13)14/h1-2,5,9H,3,16H2/t9-/m1/s1. The fourth-order valence-corrected chi connectivity index (χ4v) is 1.31. The van der Waals surface area contributed by atoms with E-state index in [0.29, 0.717) is 6.07 Å². The lowest BCUT2D eigenvalue weighted by Gasteiger charge is -2.16. The first-order valence-corrected chi connectivity index (χ1v) is 4.35. The van der Waals surface area contributed by atoms with E-state index < -0.39 is 23.6 Å². The number of rotatable bonds is 2. The van der Waals surface area contributed by atoms with Gasteiger partial charge in [0, 0.05) is 6.04 Å². The van der Waals surface area contributed by atoms with Crippen LogP contribution in [-0.4, -0.2) is 0 Å². The van der Waals surface area contributed by atoms with Gasteiger partial charge in [-0.3, -0.25) is 0 Å². The predicted octanol–water partition coefficient (Wildman–Crippen LogP) is 2.76. The highest BCUT2D eigenvalue weighted by Crippen LogP contribution is 2.35. The summed E-state index contributed by atoms with van der Waals surface area (Å²) in [7, 11) is 0. The zero-order valence-electron chi connectivity index (χ0n) is 8.05. The number of benzene rings is 1. The van der Waals surface area contributed by atoms with Gasteiger partial charge in [0.05, 0.1) is 18.1 Å². The topological polar surface area (TPSA) is 49.8 Å². The highest BCUT2D eigenvalue weighted by Gasteiger charge is 2.35. The Morgan fingerprint density at radius 1 is 1.38 bits per heavy atom. The highest BCUT2D eigenvalue weighted by atomic mass is 19.4. The molecule has 0 fully saturated rings. The van der Waals surface area contributed by atoms with Crippen molar-refractivity contribution in [3.8, 4) is 6.07 Å². The fourth-order valence-electron chi connectivity index (χ4n) is 1.31. The summed E-state index contributed by atoms with van der Waals surface area (Å²) in [6.45, 7) is 0. The third-order valence-electron chi connectivity index (χ3n) is 2.03. The fraction of sp³-hybridized carbons (Fsp3) is 0.300. The van der Waals surface area contributed by atoms with Crippen LogP contribution in [0.5, 0.6) is 0 Å². The van der Waals surface area contributed by atoms with Crippen LogP contribution in [0.25, 0.3) is 0 Å². The first-order valence-electron chi connectivity index (χ1n) is 4.35. The number of nitriles is 1. The van der Waals surface area contributed by atoms with Crippen LogP contribution < -0.4 is 5.73 Å². The quantitative estimate of drug-likeness (QED) is 0.797. The van der Waals surface area contributed by atoms with Crippen molar-refractivity contribution in [2.45, 2.75) is 18.6 Å². The second kappa shape index (κ2) is 4.49. The summed E-state index contributed by atoms with van der Waals surface area (Å²) in [5.74, 6) is -0.986. The number of nitrogens with zero attached hydrogens (tertiary/aromatic N) is 1. The molecular formula is C10H8F4N2. The van der Waals surface area contributed by atoms with E-state index in [1.165, 1.54) is 0 Å². The van der Waals surface area contributed by atoms with Crippen LogP contribution in [0.4, 0.5) is 17.6 Å². The van der Waals surface area contributed by atoms with Gasteiger partial charge in [-0.25, -0.2) is 4.39 Å². The van der Waals surface area contributed by atoms with E-state index in [2.05, 4.69) is 0 Å². The van der Waals surface area contributed by atoms with Gasteiger partial charge in [0.15, 0.2) is 0 Å². The van der Waals surface area contributed by atoms with Crippen molar-refractivity contribution in [1.29, 1.82) is 5.26 Å². The molecule has 0 aromatic heterocycles. The van der Waals surface area contributed by atoms with Gasteiger partial charge < -0.3 is 5.73 Å². The third-order valence-corrected chi connectivity index (χ3v) is 2.03. The second-order valence-corrected chi connectivity index (χ2v) is 3.20. The Morgan fingerprint density at radius 2 is 2.00 bits per heavy atom. The monoisotopic (exact) mass is 232 g/mol. The maximum Gasteiger partial charge on any atom is 0.416 e. The summed E-state index contributed by atoms with van der Waals surface area (Å²) in [6, 6.07) is 2.84. The van der Waals surface area contributed by atoms with Crippen LogP contribution in [0.3, 0.4) is 0 Å². The molecule has 0 heterocycles. The molecule has 2 N–H and O–H groups in total. The molecule has 0 saturated carbocycles. The van der Waals surface area contributed by atoms with Crippen molar-refractivity contribution in [2.75, 3.05) is 0 Å². The average molecular weight is 232 g/mol. The molecular weight excluding hydrogens is 224 g/mol. The van der Waals surface area contributed by atoms with Crippen LogP contribution in [-0.2, 0) is 6.18 Å². The van der Waals surface area contributed by atoms with Crippen LogP contribution in [0.15, 0.2) is 18.2 Å². The van der Waals surface area contributed by atoms with E-state index in [1.54, 1.807) is 6.07 Å². The minimum atomic E-state index is -4.68. The lowest BCUT2D eigenvalue weighted by atomic mass is 9.98. The highest BCUT2D eigenvalue weighted by molar-refractivity contribution is 5.33. The van der Waals surface area contributed by atoms with Crippen LogP contribution in [0.1, 0.15) is 23.6 Å². The van der Waals surface area contributed by atoms with Gasteiger partial charge >= 0.3 is 6.18 Å². The van der Waals surface area contributed by atoms with E-state index in [0.717, 1.165) is 12.1 Å². The molecule has 86 valence electrons. The zero-order valence-corrected chi connectivity index (χ0v) is 8.05. The molecule has 0 amide bonds. The molecule has 1 atom stereocenters. The second-order valence-electron chi connectivity index (χ2n) is 3.20. The molecule has 0 aliphatic rings. The van der Waals surface area contributed by atoms with Crippen molar-refractivity contribution >= 4 is 0 Å². The van der Waals surface area contributed by atoms with Crippen LogP contribution in [0.2, 0.25) is 0 Å². The molecule has 0 bridgehead atoms.